The van der Waals surface area contributed by atoms with Crippen LogP contribution in [0.4, 0.5) is 4.39 Å². The maximum atomic E-state index is 13.4. The van der Waals surface area contributed by atoms with Crippen molar-refractivity contribution >= 4 is 29.3 Å². The minimum absolute atomic E-state index is 0.178. The smallest absolute Gasteiger partial charge is 0.251 e. The van der Waals surface area contributed by atoms with Gasteiger partial charge in [0.2, 0.25) is 0 Å². The number of thioether (sulfide) groups is 1. The van der Waals surface area contributed by atoms with E-state index >= 15 is 0 Å². The van der Waals surface area contributed by atoms with E-state index in [1.54, 1.807) is 29.1 Å². The van der Waals surface area contributed by atoms with Crippen LogP contribution in [0, 0.1) is 5.82 Å². The highest BCUT2D eigenvalue weighted by Gasteiger charge is 2.15. The zero-order chi connectivity index (χ0) is 23.9. The lowest BCUT2D eigenvalue weighted by Crippen LogP contribution is -2.26. The van der Waals surface area contributed by atoms with E-state index in [1.165, 1.54) is 23.9 Å². The van der Waals surface area contributed by atoms with Crippen molar-refractivity contribution in [3.05, 3.63) is 101 Å². The number of halogens is 2. The van der Waals surface area contributed by atoms with Crippen molar-refractivity contribution in [3.8, 4) is 5.69 Å². The normalized spacial score (nSPS) is 10.9. The van der Waals surface area contributed by atoms with E-state index in [0.29, 0.717) is 46.8 Å². The van der Waals surface area contributed by atoms with Crippen LogP contribution in [0.5, 0.6) is 0 Å². The highest BCUT2D eigenvalue weighted by molar-refractivity contribution is 7.99. The molecule has 7 nitrogen and oxygen atoms in total. The van der Waals surface area contributed by atoms with Crippen molar-refractivity contribution in [2.45, 2.75) is 18.1 Å². The Hall–Kier alpha value is -3.43. The van der Waals surface area contributed by atoms with Crippen LogP contribution in [0.1, 0.15) is 21.7 Å². The van der Waals surface area contributed by atoms with Crippen molar-refractivity contribution in [1.29, 1.82) is 0 Å². The highest BCUT2D eigenvalue weighted by atomic mass is 35.5. The van der Waals surface area contributed by atoms with Crippen LogP contribution in [-0.4, -0.2) is 42.7 Å². The summed E-state index contributed by atoms with van der Waals surface area (Å²) in [7, 11) is 0. The molecule has 2 aromatic heterocycles. The van der Waals surface area contributed by atoms with Gasteiger partial charge in [-0.3, -0.25) is 14.0 Å². The molecule has 0 bridgehead atoms. The number of benzene rings is 2. The summed E-state index contributed by atoms with van der Waals surface area (Å²) in [4.78, 5) is 12.7. The maximum Gasteiger partial charge on any atom is 0.251 e. The molecule has 0 radical (unpaired) electrons. The minimum atomic E-state index is -0.330. The topological polar surface area (TPSA) is 77.6 Å². The first-order chi connectivity index (χ1) is 16.5. The maximum absolute atomic E-state index is 13.4. The molecule has 0 aliphatic rings. The van der Waals surface area contributed by atoms with Crippen LogP contribution >= 0.6 is 23.4 Å². The van der Waals surface area contributed by atoms with E-state index < -0.39 is 0 Å². The average molecular weight is 497 g/mol. The molecule has 34 heavy (non-hydrogen) atoms. The molecule has 2 aromatic carbocycles. The third-order valence-electron chi connectivity index (χ3n) is 4.87. The summed E-state index contributed by atoms with van der Waals surface area (Å²) in [6.45, 7) is 4.64. The van der Waals surface area contributed by atoms with E-state index in [4.69, 9.17) is 11.6 Å². The lowest BCUT2D eigenvalue weighted by Gasteiger charge is -2.11. The lowest BCUT2D eigenvalue weighted by molar-refractivity contribution is 0.0954. The molecule has 0 unspecified atom stereocenters. The Kier molecular flexibility index (Phi) is 7.76. The number of carbonyl (C=O) groups excluding carboxylic acids is 1. The number of nitrogens with one attached hydrogen (secondary N) is 1. The molecule has 0 spiro atoms. The number of amides is 1. The molecule has 4 aromatic rings. The molecule has 0 saturated carbocycles. The van der Waals surface area contributed by atoms with E-state index in [0.717, 1.165) is 11.3 Å². The number of nitrogens with zero attached hydrogens (tertiary/aromatic N) is 5. The molecule has 0 atom stereocenters. The minimum Gasteiger partial charge on any atom is -0.352 e. The Morgan fingerprint density at radius 2 is 1.97 bits per heavy atom. The van der Waals surface area contributed by atoms with Gasteiger partial charge in [-0.15, -0.1) is 10.2 Å². The van der Waals surface area contributed by atoms with E-state index in [1.807, 2.05) is 35.0 Å². The summed E-state index contributed by atoms with van der Waals surface area (Å²) in [6, 6.07) is 15.4. The van der Waals surface area contributed by atoms with Gasteiger partial charge in [-0.05, 0) is 48.0 Å². The fourth-order valence-corrected chi connectivity index (χ4v) is 4.22. The third-order valence-corrected chi connectivity index (χ3v) is 6.18. The molecular weight excluding hydrogens is 475 g/mol. The van der Waals surface area contributed by atoms with Crippen molar-refractivity contribution in [2.75, 3.05) is 12.3 Å². The van der Waals surface area contributed by atoms with Crippen molar-refractivity contribution in [1.82, 2.24) is 29.9 Å². The Morgan fingerprint density at radius 3 is 2.71 bits per heavy atom. The van der Waals surface area contributed by atoms with Gasteiger partial charge in [0.25, 0.3) is 5.91 Å². The Labute approximate surface area is 205 Å². The molecule has 0 aliphatic heterocycles. The van der Waals surface area contributed by atoms with E-state index in [2.05, 4.69) is 27.2 Å². The standard InChI is InChI=1S/C24H22ClFN6OS/c1-17(25)16-34-24-30-29-22(32(24)21-8-6-20(26)7-9-21)10-12-27-23(33)19-5-2-4-18(14-19)15-31-13-3-11-28-31/h2-9,11,13-14H,1,10,12,15-16H2,(H,27,33). The predicted molar refractivity (Wildman–Crippen MR) is 131 cm³/mol. The van der Waals surface area contributed by atoms with Crippen LogP contribution in [0.2, 0.25) is 0 Å². The van der Waals surface area contributed by atoms with Gasteiger partial charge in [-0.1, -0.05) is 42.1 Å². The zero-order valence-corrected chi connectivity index (χ0v) is 19.8. The summed E-state index contributed by atoms with van der Waals surface area (Å²) in [5.74, 6) is 0.598. The van der Waals surface area contributed by atoms with E-state index in [-0.39, 0.29) is 11.7 Å². The fourth-order valence-electron chi connectivity index (χ4n) is 3.33. The number of rotatable bonds is 10. The van der Waals surface area contributed by atoms with Gasteiger partial charge >= 0.3 is 0 Å². The number of carbonyl (C=O) groups is 1. The molecule has 2 heterocycles. The van der Waals surface area contributed by atoms with Gasteiger partial charge in [0, 0.05) is 47.4 Å². The molecule has 0 saturated heterocycles. The molecule has 174 valence electrons. The molecule has 4 rings (SSSR count). The predicted octanol–water partition coefficient (Wildman–Crippen LogP) is 4.47. The number of hydrogen-bond donors (Lipinski definition) is 1. The highest BCUT2D eigenvalue weighted by Crippen LogP contribution is 2.24. The van der Waals surface area contributed by atoms with Crippen molar-refractivity contribution in [3.63, 3.8) is 0 Å². The van der Waals surface area contributed by atoms with Gasteiger partial charge in [0.05, 0.1) is 6.54 Å². The second-order valence-electron chi connectivity index (χ2n) is 7.43. The first kappa shape index (κ1) is 23.7. The molecule has 1 N–H and O–H groups in total. The van der Waals surface area contributed by atoms with Crippen LogP contribution < -0.4 is 5.32 Å². The van der Waals surface area contributed by atoms with Crippen LogP contribution in [0.3, 0.4) is 0 Å². The molecule has 10 heteroatoms. The quantitative estimate of drug-likeness (QED) is 0.328. The summed E-state index contributed by atoms with van der Waals surface area (Å²) in [5, 5.41) is 16.8. The first-order valence-corrected chi connectivity index (χ1v) is 11.9. The van der Waals surface area contributed by atoms with Crippen LogP contribution in [-0.2, 0) is 13.0 Å². The summed E-state index contributed by atoms with van der Waals surface area (Å²) < 4.78 is 17.1. The van der Waals surface area contributed by atoms with E-state index in [9.17, 15) is 9.18 Å². The van der Waals surface area contributed by atoms with Crippen molar-refractivity contribution in [2.24, 2.45) is 0 Å². The SMILES string of the molecule is C=C(Cl)CSc1nnc(CCNC(=O)c2cccc(Cn3cccn3)c2)n1-c1ccc(F)cc1. The van der Waals surface area contributed by atoms with Gasteiger partial charge in [0.1, 0.15) is 11.6 Å². The monoisotopic (exact) mass is 496 g/mol. The van der Waals surface area contributed by atoms with Gasteiger partial charge in [0.15, 0.2) is 5.16 Å². The van der Waals surface area contributed by atoms with Gasteiger partial charge in [-0.2, -0.15) is 5.10 Å². The first-order valence-electron chi connectivity index (χ1n) is 10.5. The zero-order valence-electron chi connectivity index (χ0n) is 18.2. The molecular formula is C24H22ClFN6OS. The second kappa shape index (κ2) is 11.1. The van der Waals surface area contributed by atoms with Crippen LogP contribution in [0.15, 0.2) is 83.8 Å². The molecule has 1 amide bonds. The fraction of sp³-hybridized carbons (Fsp3) is 0.167. The Bertz CT molecular complexity index is 1270. The van der Waals surface area contributed by atoms with Crippen LogP contribution in [0.25, 0.3) is 5.69 Å². The van der Waals surface area contributed by atoms with Crippen molar-refractivity contribution < 1.29 is 9.18 Å². The Balaban J connectivity index is 1.43. The largest absolute Gasteiger partial charge is 0.352 e. The molecule has 0 fully saturated rings. The summed E-state index contributed by atoms with van der Waals surface area (Å²) in [5.41, 5.74) is 2.28. The van der Waals surface area contributed by atoms with Gasteiger partial charge in [-0.25, -0.2) is 4.39 Å². The Morgan fingerprint density at radius 1 is 1.15 bits per heavy atom. The lowest BCUT2D eigenvalue weighted by atomic mass is 10.1. The third kappa shape index (κ3) is 6.12. The second-order valence-corrected chi connectivity index (χ2v) is 8.90. The molecule has 0 aliphatic carbocycles. The number of hydrogen-bond acceptors (Lipinski definition) is 5. The summed E-state index contributed by atoms with van der Waals surface area (Å²) in [6.07, 6.45) is 4.03. The summed E-state index contributed by atoms with van der Waals surface area (Å²) >= 11 is 7.29. The number of aromatic nitrogens is 5. The average Bonchev–Trinajstić information content (AvgIpc) is 3.48. The van der Waals surface area contributed by atoms with Gasteiger partial charge < -0.3 is 5.32 Å².